The van der Waals surface area contributed by atoms with Gasteiger partial charge in [-0.15, -0.1) is 0 Å². The second kappa shape index (κ2) is 6.66. The summed E-state index contributed by atoms with van der Waals surface area (Å²) in [7, 11) is 0. The lowest BCUT2D eigenvalue weighted by atomic mass is 9.33. The van der Waals surface area contributed by atoms with Crippen LogP contribution in [-0.2, 0) is 0 Å². The molecule has 4 fully saturated rings. The molecule has 0 spiro atoms. The van der Waals surface area contributed by atoms with Crippen molar-refractivity contribution >= 4 is 0 Å². The number of rotatable bonds is 0. The van der Waals surface area contributed by atoms with Crippen LogP contribution < -0.4 is 0 Å². The molecule has 2 heteroatoms. The van der Waals surface area contributed by atoms with Crippen molar-refractivity contribution in [3.8, 4) is 0 Å². The molecule has 4 saturated carbocycles. The lowest BCUT2D eigenvalue weighted by Gasteiger charge is -2.71. The number of allylic oxidation sites excluding steroid dienone is 2. The summed E-state index contributed by atoms with van der Waals surface area (Å²) in [6.07, 6.45) is 13.0. The zero-order valence-electron chi connectivity index (χ0n) is 22.2. The zero-order valence-corrected chi connectivity index (χ0v) is 22.2. The quantitative estimate of drug-likeness (QED) is 0.391. The highest BCUT2D eigenvalue weighted by Gasteiger charge is 2.68. The fourth-order valence-corrected chi connectivity index (χ4v) is 10.6. The van der Waals surface area contributed by atoms with Crippen LogP contribution in [-0.4, -0.2) is 22.4 Å². The van der Waals surface area contributed by atoms with E-state index in [0.717, 1.165) is 19.3 Å². The normalized spacial score (nSPS) is 56.2. The molecule has 2 N–H and O–H groups in total. The van der Waals surface area contributed by atoms with Crippen LogP contribution in [0.25, 0.3) is 0 Å². The number of hydrogen-bond donors (Lipinski definition) is 2. The zero-order chi connectivity index (χ0) is 23.5. The first kappa shape index (κ1) is 23.4. The molecule has 0 radical (unpaired) electrons. The van der Waals surface area contributed by atoms with E-state index in [0.29, 0.717) is 28.6 Å². The molecule has 0 saturated heterocycles. The molecule has 2 nitrogen and oxygen atoms in total. The van der Waals surface area contributed by atoms with Gasteiger partial charge < -0.3 is 10.2 Å². The highest BCUT2D eigenvalue weighted by atomic mass is 16.3. The minimum absolute atomic E-state index is 0.00813. The van der Waals surface area contributed by atoms with Gasteiger partial charge in [0, 0.05) is 0 Å². The van der Waals surface area contributed by atoms with E-state index >= 15 is 0 Å². The fourth-order valence-electron chi connectivity index (χ4n) is 10.6. The first-order valence-corrected chi connectivity index (χ1v) is 13.7. The van der Waals surface area contributed by atoms with E-state index in [-0.39, 0.29) is 33.9 Å². The number of fused-ring (bicyclic) bond motifs is 7. The van der Waals surface area contributed by atoms with Crippen LogP contribution in [0.1, 0.15) is 113 Å². The van der Waals surface area contributed by atoms with E-state index in [1.165, 1.54) is 38.5 Å². The Morgan fingerprint density at radius 2 is 1.44 bits per heavy atom. The summed E-state index contributed by atoms with van der Waals surface area (Å²) in [5, 5.41) is 21.8. The van der Waals surface area contributed by atoms with E-state index in [4.69, 9.17) is 0 Å². The number of hydrogen-bond acceptors (Lipinski definition) is 2. The first-order valence-electron chi connectivity index (χ1n) is 13.7. The van der Waals surface area contributed by atoms with Crippen LogP contribution in [0.5, 0.6) is 0 Å². The lowest BCUT2D eigenvalue weighted by molar-refractivity contribution is -0.205. The smallest absolute Gasteiger partial charge is 0.0596 e. The van der Waals surface area contributed by atoms with Crippen LogP contribution in [0.15, 0.2) is 11.6 Å². The summed E-state index contributed by atoms with van der Waals surface area (Å²) in [4.78, 5) is 0. The van der Waals surface area contributed by atoms with Gasteiger partial charge in [-0.2, -0.15) is 0 Å². The minimum atomic E-state index is -0.175. The third-order valence-electron chi connectivity index (χ3n) is 13.2. The Labute approximate surface area is 197 Å². The van der Waals surface area contributed by atoms with E-state index in [2.05, 4.69) is 61.5 Å². The summed E-state index contributed by atoms with van der Waals surface area (Å²) in [6, 6.07) is 0. The maximum absolute atomic E-state index is 10.9. The molecule has 0 amide bonds. The Hall–Kier alpha value is -0.340. The molecular weight excluding hydrogens is 392 g/mol. The summed E-state index contributed by atoms with van der Waals surface area (Å²) in [5.41, 5.74) is 2.98. The van der Waals surface area contributed by atoms with Crippen molar-refractivity contribution in [1.82, 2.24) is 0 Å². The van der Waals surface area contributed by atoms with Gasteiger partial charge in [0.25, 0.3) is 0 Å². The van der Waals surface area contributed by atoms with E-state index in [1.54, 1.807) is 5.57 Å². The topological polar surface area (TPSA) is 40.5 Å². The Kier molecular flexibility index (Phi) is 4.87. The Balaban J connectivity index is 1.57. The molecule has 0 aromatic heterocycles. The molecule has 0 aliphatic heterocycles. The van der Waals surface area contributed by atoms with Crippen molar-refractivity contribution in [3.63, 3.8) is 0 Å². The Bertz CT molecular complexity index is 825. The largest absolute Gasteiger partial charge is 0.393 e. The van der Waals surface area contributed by atoms with Crippen LogP contribution in [0.3, 0.4) is 0 Å². The molecular formula is C30H50O2. The Morgan fingerprint density at radius 1 is 0.750 bits per heavy atom. The van der Waals surface area contributed by atoms with Crippen molar-refractivity contribution < 1.29 is 10.2 Å². The second-order valence-corrected chi connectivity index (χ2v) is 15.3. The van der Waals surface area contributed by atoms with Gasteiger partial charge in [-0.1, -0.05) is 67.0 Å². The molecule has 32 heavy (non-hydrogen) atoms. The average molecular weight is 443 g/mol. The van der Waals surface area contributed by atoms with E-state index in [9.17, 15) is 10.2 Å². The molecule has 9 atom stereocenters. The van der Waals surface area contributed by atoms with Crippen molar-refractivity contribution in [2.45, 2.75) is 125 Å². The third kappa shape index (κ3) is 2.72. The molecule has 182 valence electrons. The molecule has 5 rings (SSSR count). The van der Waals surface area contributed by atoms with Gasteiger partial charge in [0.1, 0.15) is 0 Å². The highest BCUT2D eigenvalue weighted by Crippen LogP contribution is 2.75. The molecule has 5 aliphatic carbocycles. The standard InChI is InChI=1S/C30H50O2/c1-25(2)17-20-19-9-10-22-28(6)13-12-23(31)26(3,4)21(28)11-14-30(22,8)29(19,7)16-15-27(20,5)18-24(25)32/h9,20-24,31-32H,10-18H2,1-8H3. The second-order valence-electron chi connectivity index (χ2n) is 15.3. The molecule has 0 bridgehead atoms. The first-order chi connectivity index (χ1) is 14.6. The van der Waals surface area contributed by atoms with Gasteiger partial charge in [-0.25, -0.2) is 0 Å². The summed E-state index contributed by atoms with van der Waals surface area (Å²) in [5.74, 6) is 1.95. The summed E-state index contributed by atoms with van der Waals surface area (Å²) in [6.45, 7) is 19.6. The van der Waals surface area contributed by atoms with Crippen molar-refractivity contribution in [2.24, 2.45) is 50.2 Å². The summed E-state index contributed by atoms with van der Waals surface area (Å²) >= 11 is 0. The molecule has 5 aliphatic rings. The van der Waals surface area contributed by atoms with Gasteiger partial charge in [0.15, 0.2) is 0 Å². The molecule has 9 unspecified atom stereocenters. The minimum Gasteiger partial charge on any atom is -0.393 e. The average Bonchev–Trinajstić information content (AvgIpc) is 2.68. The van der Waals surface area contributed by atoms with Gasteiger partial charge in [0.2, 0.25) is 0 Å². The highest BCUT2D eigenvalue weighted by molar-refractivity contribution is 5.33. The number of aliphatic hydroxyl groups is 2. The molecule has 0 aromatic carbocycles. The van der Waals surface area contributed by atoms with Crippen LogP contribution in [0.2, 0.25) is 0 Å². The predicted octanol–water partition coefficient (Wildman–Crippen LogP) is 7.14. The molecule has 0 heterocycles. The third-order valence-corrected chi connectivity index (χ3v) is 13.2. The number of aliphatic hydroxyl groups excluding tert-OH is 2. The van der Waals surface area contributed by atoms with E-state index < -0.39 is 0 Å². The fraction of sp³-hybridized carbons (Fsp3) is 0.933. The van der Waals surface area contributed by atoms with Crippen molar-refractivity contribution in [2.75, 3.05) is 0 Å². The maximum atomic E-state index is 10.9. The van der Waals surface area contributed by atoms with Gasteiger partial charge in [0.05, 0.1) is 12.2 Å². The Morgan fingerprint density at radius 3 is 2.12 bits per heavy atom. The lowest BCUT2D eigenvalue weighted by Crippen LogP contribution is -2.64. The maximum Gasteiger partial charge on any atom is 0.0596 e. The van der Waals surface area contributed by atoms with Crippen LogP contribution in [0, 0.1) is 50.2 Å². The van der Waals surface area contributed by atoms with Crippen LogP contribution >= 0.6 is 0 Å². The van der Waals surface area contributed by atoms with Crippen LogP contribution in [0.4, 0.5) is 0 Å². The SMILES string of the molecule is CC1(C)CC2C3=CCC4C5(C)CCC(O)C(C)(C)C5CCC4(C)C3(C)CCC2(C)CC1O. The predicted molar refractivity (Wildman–Crippen MR) is 132 cm³/mol. The molecule has 0 aromatic rings. The van der Waals surface area contributed by atoms with Gasteiger partial charge in [-0.3, -0.25) is 0 Å². The van der Waals surface area contributed by atoms with E-state index in [1.807, 2.05) is 0 Å². The monoisotopic (exact) mass is 442 g/mol. The van der Waals surface area contributed by atoms with Gasteiger partial charge in [-0.05, 0) is 108 Å². The van der Waals surface area contributed by atoms with Crippen molar-refractivity contribution in [3.05, 3.63) is 11.6 Å². The van der Waals surface area contributed by atoms with Crippen molar-refractivity contribution in [1.29, 1.82) is 0 Å². The van der Waals surface area contributed by atoms with Gasteiger partial charge >= 0.3 is 0 Å². The summed E-state index contributed by atoms with van der Waals surface area (Å²) < 4.78 is 0.